The van der Waals surface area contributed by atoms with Gasteiger partial charge in [0.05, 0.1) is 5.69 Å². The van der Waals surface area contributed by atoms with Gasteiger partial charge in [-0.2, -0.15) is 0 Å². The van der Waals surface area contributed by atoms with Gasteiger partial charge < -0.3 is 11.1 Å². The first kappa shape index (κ1) is 13.8. The summed E-state index contributed by atoms with van der Waals surface area (Å²) in [6, 6.07) is 17.7. The molecule has 0 atom stereocenters. The number of hydrogen-bond donors (Lipinski definition) is 3. The first-order chi connectivity index (χ1) is 9.66. The van der Waals surface area contributed by atoms with Gasteiger partial charge in [-0.25, -0.2) is 9.80 Å². The summed E-state index contributed by atoms with van der Waals surface area (Å²) in [5.74, 6) is 0. The molecule has 20 heavy (non-hydrogen) atoms. The number of carbonyl (C=O) groups excluding carboxylic acids is 1. The molecule has 2 amide bonds. The van der Waals surface area contributed by atoms with Crippen molar-refractivity contribution in [3.63, 3.8) is 0 Å². The highest BCUT2D eigenvalue weighted by atomic mass is 32.1. The number of benzene rings is 2. The zero-order valence-corrected chi connectivity index (χ0v) is 11.4. The van der Waals surface area contributed by atoms with Gasteiger partial charge in [-0.15, -0.1) is 0 Å². The molecule has 0 aliphatic rings. The van der Waals surface area contributed by atoms with Crippen LogP contribution in [-0.2, 0) is 0 Å². The van der Waals surface area contributed by atoms with Gasteiger partial charge in [0.1, 0.15) is 0 Å². The van der Waals surface area contributed by atoms with Crippen molar-refractivity contribution in [1.29, 1.82) is 0 Å². The van der Waals surface area contributed by atoms with Gasteiger partial charge in [0.15, 0.2) is 5.11 Å². The number of urea groups is 1. The molecule has 0 saturated heterocycles. The van der Waals surface area contributed by atoms with E-state index < -0.39 is 6.03 Å². The molecule has 0 spiro atoms. The molecular formula is C14H14N4OS. The second-order valence-corrected chi connectivity index (χ2v) is 4.35. The Kier molecular flexibility index (Phi) is 4.52. The van der Waals surface area contributed by atoms with Crippen molar-refractivity contribution in [3.05, 3.63) is 60.7 Å². The molecule has 0 aliphatic heterocycles. The molecule has 0 aliphatic carbocycles. The monoisotopic (exact) mass is 286 g/mol. The van der Waals surface area contributed by atoms with Crippen LogP contribution in [0.25, 0.3) is 0 Å². The van der Waals surface area contributed by atoms with E-state index in [0.717, 1.165) is 5.69 Å². The molecule has 5 nitrogen and oxygen atoms in total. The van der Waals surface area contributed by atoms with Crippen molar-refractivity contribution in [1.82, 2.24) is 5.43 Å². The van der Waals surface area contributed by atoms with Crippen LogP contribution in [0.5, 0.6) is 0 Å². The number of hydrogen-bond acceptors (Lipinski definition) is 2. The van der Waals surface area contributed by atoms with Gasteiger partial charge in [0.25, 0.3) is 0 Å². The fourth-order valence-corrected chi connectivity index (χ4v) is 1.82. The fourth-order valence-electron chi connectivity index (χ4n) is 1.61. The third-order valence-corrected chi connectivity index (χ3v) is 2.67. The average molecular weight is 286 g/mol. The highest BCUT2D eigenvalue weighted by Gasteiger charge is 2.13. The van der Waals surface area contributed by atoms with Crippen LogP contribution in [0.15, 0.2) is 60.7 Å². The lowest BCUT2D eigenvalue weighted by molar-refractivity contribution is 0.253. The predicted octanol–water partition coefficient (Wildman–Crippen LogP) is 2.47. The summed E-state index contributed by atoms with van der Waals surface area (Å²) in [6.07, 6.45) is 0. The maximum absolute atomic E-state index is 11.5. The number of nitrogens with zero attached hydrogens (tertiary/aromatic N) is 1. The molecule has 2 rings (SSSR count). The summed E-state index contributed by atoms with van der Waals surface area (Å²) < 4.78 is 0. The lowest BCUT2D eigenvalue weighted by Crippen LogP contribution is -2.50. The summed E-state index contributed by atoms with van der Waals surface area (Å²) in [5, 5.41) is 4.42. The van der Waals surface area contributed by atoms with Crippen molar-refractivity contribution < 1.29 is 4.79 Å². The van der Waals surface area contributed by atoms with Gasteiger partial charge in [-0.1, -0.05) is 36.4 Å². The van der Waals surface area contributed by atoms with E-state index in [1.54, 1.807) is 24.3 Å². The van der Waals surface area contributed by atoms with Crippen LogP contribution < -0.4 is 21.5 Å². The van der Waals surface area contributed by atoms with Crippen molar-refractivity contribution >= 4 is 34.7 Å². The average Bonchev–Trinajstić information content (AvgIpc) is 2.46. The summed E-state index contributed by atoms with van der Waals surface area (Å²) >= 11 is 5.16. The number of amides is 2. The van der Waals surface area contributed by atoms with Crippen LogP contribution in [0.3, 0.4) is 0 Å². The Labute approximate surface area is 122 Å². The van der Waals surface area contributed by atoms with E-state index in [0.29, 0.717) is 5.69 Å². The molecule has 0 unspecified atom stereocenters. The van der Waals surface area contributed by atoms with Crippen molar-refractivity contribution in [3.8, 4) is 0 Å². The molecule has 6 heteroatoms. The van der Waals surface area contributed by atoms with Crippen LogP contribution >= 0.6 is 12.2 Å². The summed E-state index contributed by atoms with van der Waals surface area (Å²) in [7, 11) is 0. The van der Waals surface area contributed by atoms with E-state index in [-0.39, 0.29) is 5.11 Å². The Morgan fingerprint density at radius 1 is 1.00 bits per heavy atom. The van der Waals surface area contributed by atoms with E-state index in [4.69, 9.17) is 18.0 Å². The van der Waals surface area contributed by atoms with Gasteiger partial charge in [-0.3, -0.25) is 5.43 Å². The van der Waals surface area contributed by atoms with E-state index >= 15 is 0 Å². The van der Waals surface area contributed by atoms with E-state index in [2.05, 4.69) is 10.7 Å². The first-order valence-corrected chi connectivity index (χ1v) is 6.35. The second-order valence-electron chi connectivity index (χ2n) is 3.94. The van der Waals surface area contributed by atoms with Crippen molar-refractivity contribution in [2.24, 2.45) is 5.73 Å². The number of para-hydroxylation sites is 2. The molecule has 102 valence electrons. The first-order valence-electron chi connectivity index (χ1n) is 5.94. The van der Waals surface area contributed by atoms with Gasteiger partial charge >= 0.3 is 6.03 Å². The molecule has 0 heterocycles. The SMILES string of the molecule is NC(=O)N(NC(=S)Nc1ccccc1)c1ccccc1. The van der Waals surface area contributed by atoms with Crippen molar-refractivity contribution in [2.75, 3.05) is 10.3 Å². The number of hydrazine groups is 1. The maximum Gasteiger partial charge on any atom is 0.338 e. The highest BCUT2D eigenvalue weighted by molar-refractivity contribution is 7.80. The Bertz CT molecular complexity index is 589. The van der Waals surface area contributed by atoms with Gasteiger partial charge in [0, 0.05) is 5.69 Å². The zero-order chi connectivity index (χ0) is 14.4. The summed E-state index contributed by atoms with van der Waals surface area (Å²) in [6.45, 7) is 0. The van der Waals surface area contributed by atoms with Gasteiger partial charge in [0.2, 0.25) is 0 Å². The minimum absolute atomic E-state index is 0.277. The molecule has 4 N–H and O–H groups in total. The minimum Gasteiger partial charge on any atom is -0.350 e. The topological polar surface area (TPSA) is 70.4 Å². The third kappa shape index (κ3) is 3.69. The normalized spacial score (nSPS) is 9.60. The summed E-state index contributed by atoms with van der Waals surface area (Å²) in [4.78, 5) is 11.5. The number of anilines is 2. The fraction of sp³-hybridized carbons (Fsp3) is 0. The number of nitrogens with one attached hydrogen (secondary N) is 2. The number of nitrogens with two attached hydrogens (primary N) is 1. The largest absolute Gasteiger partial charge is 0.350 e. The Hall–Kier alpha value is -2.60. The van der Waals surface area contributed by atoms with E-state index in [1.807, 2.05) is 36.4 Å². The third-order valence-electron chi connectivity index (χ3n) is 2.48. The van der Waals surface area contributed by atoms with Crippen molar-refractivity contribution in [2.45, 2.75) is 0 Å². The smallest absolute Gasteiger partial charge is 0.338 e. The molecule has 2 aromatic carbocycles. The standard InChI is InChI=1S/C14H14N4OS/c15-13(19)18(12-9-5-2-6-10-12)17-14(20)16-11-7-3-1-4-8-11/h1-10H,(H2,15,19)(H2,16,17,20). The second kappa shape index (κ2) is 6.53. The lowest BCUT2D eigenvalue weighted by Gasteiger charge is -2.23. The molecule has 0 fully saturated rings. The summed E-state index contributed by atoms with van der Waals surface area (Å²) in [5.41, 5.74) is 9.54. The van der Waals surface area contributed by atoms with Crippen LogP contribution in [0, 0.1) is 0 Å². The molecule has 0 radical (unpaired) electrons. The number of rotatable bonds is 2. The van der Waals surface area contributed by atoms with Crippen LogP contribution in [-0.4, -0.2) is 11.1 Å². The van der Waals surface area contributed by atoms with Crippen LogP contribution in [0.2, 0.25) is 0 Å². The minimum atomic E-state index is -0.645. The number of primary amides is 1. The Morgan fingerprint density at radius 3 is 2.10 bits per heavy atom. The van der Waals surface area contributed by atoms with E-state index in [1.165, 1.54) is 5.01 Å². The van der Waals surface area contributed by atoms with Gasteiger partial charge in [-0.05, 0) is 36.5 Å². The molecule has 0 bridgehead atoms. The van der Waals surface area contributed by atoms with E-state index in [9.17, 15) is 4.79 Å². The molecule has 0 aromatic heterocycles. The lowest BCUT2D eigenvalue weighted by atomic mass is 10.3. The molecule has 0 saturated carbocycles. The highest BCUT2D eigenvalue weighted by Crippen LogP contribution is 2.11. The van der Waals surface area contributed by atoms with Crippen LogP contribution in [0.1, 0.15) is 0 Å². The number of carbonyl (C=O) groups is 1. The molecule has 2 aromatic rings. The van der Waals surface area contributed by atoms with Crippen LogP contribution in [0.4, 0.5) is 16.2 Å². The number of thiocarbonyl (C=S) groups is 1. The Balaban J connectivity index is 2.06. The predicted molar refractivity (Wildman–Crippen MR) is 84.3 cm³/mol. The molecular weight excluding hydrogens is 272 g/mol. The maximum atomic E-state index is 11.5. The quantitative estimate of drug-likeness (QED) is 0.586. The zero-order valence-electron chi connectivity index (χ0n) is 10.6. The Morgan fingerprint density at radius 2 is 1.55 bits per heavy atom.